The van der Waals surface area contributed by atoms with Gasteiger partial charge in [0, 0.05) is 15.7 Å². The van der Waals surface area contributed by atoms with Crippen molar-refractivity contribution in [1.29, 1.82) is 0 Å². The fourth-order valence-corrected chi connectivity index (χ4v) is 2.79. The van der Waals surface area contributed by atoms with Crippen LogP contribution in [0.4, 0.5) is 5.69 Å². The minimum atomic E-state index is -0.471. The lowest BCUT2D eigenvalue weighted by atomic mass is 10.2. The molecule has 2 N–H and O–H groups in total. The maximum atomic E-state index is 12.2. The first-order valence-electron chi connectivity index (χ1n) is 8.43. The molecule has 0 bridgehead atoms. The Bertz CT molecular complexity index is 1060. The number of carbonyl (C=O) groups excluding carboxylic acids is 1. The number of esters is 1. The summed E-state index contributed by atoms with van der Waals surface area (Å²) in [5.74, 6) is -0.0747. The molecule has 0 heterocycles. The van der Waals surface area contributed by atoms with Gasteiger partial charge in [0.1, 0.15) is 5.75 Å². The number of halogens is 2. The monoisotopic (exact) mass is 443 g/mol. The third-order valence-electron chi connectivity index (χ3n) is 3.61. The maximum Gasteiger partial charge on any atom is 0.343 e. The second-order valence-electron chi connectivity index (χ2n) is 5.80. The first-order valence-corrected chi connectivity index (χ1v) is 9.59. The molecule has 0 amide bonds. The number of nitrogens with one attached hydrogen (secondary N) is 2. The fraction of sp³-hybridized carbons (Fsp3) is 0. The van der Waals surface area contributed by atoms with Crippen LogP contribution in [0, 0.1) is 0 Å². The molecule has 0 unspecified atom stereocenters. The van der Waals surface area contributed by atoms with Crippen LogP contribution in [-0.2, 0) is 0 Å². The highest BCUT2D eigenvalue weighted by Gasteiger charge is 2.08. The highest BCUT2D eigenvalue weighted by molar-refractivity contribution is 7.80. The van der Waals surface area contributed by atoms with Crippen LogP contribution in [0.15, 0.2) is 77.9 Å². The maximum absolute atomic E-state index is 12.2. The second kappa shape index (κ2) is 10.0. The predicted octanol–water partition coefficient (Wildman–Crippen LogP) is 5.53. The zero-order valence-corrected chi connectivity index (χ0v) is 17.3. The summed E-state index contributed by atoms with van der Waals surface area (Å²) in [6, 6.07) is 20.6. The number of hydrogen-bond acceptors (Lipinski definition) is 4. The number of benzene rings is 3. The van der Waals surface area contributed by atoms with E-state index in [9.17, 15) is 4.79 Å². The molecule has 3 aromatic carbocycles. The minimum absolute atomic E-state index is 0.314. The SMILES string of the molecule is O=C(Oc1cccc(/C=N\NC(=S)Nc2cccc(Cl)c2)c1)c1ccc(Cl)cc1. The van der Waals surface area contributed by atoms with Crippen LogP contribution in [0.2, 0.25) is 10.0 Å². The molecular weight excluding hydrogens is 429 g/mol. The van der Waals surface area contributed by atoms with E-state index in [4.69, 9.17) is 40.2 Å². The van der Waals surface area contributed by atoms with E-state index >= 15 is 0 Å². The molecule has 0 spiro atoms. The van der Waals surface area contributed by atoms with Gasteiger partial charge in [0.15, 0.2) is 5.11 Å². The third kappa shape index (κ3) is 6.57. The Kier molecular flexibility index (Phi) is 7.19. The standard InChI is InChI=1S/C21H15Cl2N3O2S/c22-16-9-7-15(8-10-16)20(27)28-19-6-1-3-14(11-19)13-24-26-21(29)25-18-5-2-4-17(23)12-18/h1-13H,(H2,25,26,29)/b24-13-. The largest absolute Gasteiger partial charge is 0.423 e. The van der Waals surface area contributed by atoms with Gasteiger partial charge in [-0.3, -0.25) is 5.43 Å². The summed E-state index contributed by atoms with van der Waals surface area (Å²) in [6.07, 6.45) is 1.56. The molecule has 0 aliphatic carbocycles. The van der Waals surface area contributed by atoms with Crippen molar-refractivity contribution in [3.63, 3.8) is 0 Å². The van der Waals surface area contributed by atoms with Gasteiger partial charge in [0.25, 0.3) is 0 Å². The van der Waals surface area contributed by atoms with Gasteiger partial charge in [-0.25, -0.2) is 4.79 Å². The Hall–Kier alpha value is -2.93. The van der Waals surface area contributed by atoms with E-state index in [0.29, 0.717) is 26.5 Å². The predicted molar refractivity (Wildman–Crippen MR) is 121 cm³/mol. The molecule has 29 heavy (non-hydrogen) atoms. The molecule has 3 rings (SSSR count). The molecule has 0 atom stereocenters. The van der Waals surface area contributed by atoms with Crippen LogP contribution < -0.4 is 15.5 Å². The average molecular weight is 444 g/mol. The van der Waals surface area contributed by atoms with Crippen LogP contribution in [0.5, 0.6) is 5.75 Å². The van der Waals surface area contributed by atoms with Gasteiger partial charge in [-0.05, 0) is 72.4 Å². The highest BCUT2D eigenvalue weighted by atomic mass is 35.5. The molecule has 0 aliphatic rings. The number of anilines is 1. The summed E-state index contributed by atoms with van der Waals surface area (Å²) in [6.45, 7) is 0. The zero-order chi connectivity index (χ0) is 20.6. The van der Waals surface area contributed by atoms with E-state index in [1.54, 1.807) is 60.8 Å². The lowest BCUT2D eigenvalue weighted by molar-refractivity contribution is 0.0735. The summed E-state index contributed by atoms with van der Waals surface area (Å²) in [7, 11) is 0. The molecule has 0 aromatic heterocycles. The molecule has 0 saturated carbocycles. The van der Waals surface area contributed by atoms with Crippen molar-refractivity contribution in [2.75, 3.05) is 5.32 Å². The van der Waals surface area contributed by atoms with Crippen LogP contribution in [-0.4, -0.2) is 17.3 Å². The van der Waals surface area contributed by atoms with Gasteiger partial charge < -0.3 is 10.1 Å². The van der Waals surface area contributed by atoms with Crippen molar-refractivity contribution in [3.8, 4) is 5.75 Å². The number of rotatable bonds is 5. The van der Waals surface area contributed by atoms with E-state index in [2.05, 4.69) is 15.8 Å². The topological polar surface area (TPSA) is 62.7 Å². The van der Waals surface area contributed by atoms with Crippen LogP contribution in [0.1, 0.15) is 15.9 Å². The molecule has 0 fully saturated rings. The molecule has 8 heteroatoms. The van der Waals surface area contributed by atoms with Gasteiger partial charge in [-0.1, -0.05) is 41.4 Å². The number of thiocarbonyl (C=S) groups is 1. The quantitative estimate of drug-likeness (QED) is 0.178. The van der Waals surface area contributed by atoms with E-state index in [0.717, 1.165) is 11.3 Å². The van der Waals surface area contributed by atoms with Crippen LogP contribution in [0.25, 0.3) is 0 Å². The lowest BCUT2D eigenvalue weighted by Gasteiger charge is -2.07. The number of carbonyl (C=O) groups is 1. The molecule has 5 nitrogen and oxygen atoms in total. The normalized spacial score (nSPS) is 10.6. The Morgan fingerprint density at radius 2 is 1.72 bits per heavy atom. The van der Waals surface area contributed by atoms with Crippen molar-refractivity contribution in [2.45, 2.75) is 0 Å². The summed E-state index contributed by atoms with van der Waals surface area (Å²) >= 11 is 16.9. The van der Waals surface area contributed by atoms with Gasteiger partial charge >= 0.3 is 5.97 Å². The zero-order valence-electron chi connectivity index (χ0n) is 14.9. The van der Waals surface area contributed by atoms with Crippen LogP contribution in [0.3, 0.4) is 0 Å². The summed E-state index contributed by atoms with van der Waals surface area (Å²) in [5.41, 5.74) is 4.60. The number of hydrazone groups is 1. The molecule has 0 aliphatic heterocycles. The number of hydrogen-bond donors (Lipinski definition) is 2. The van der Waals surface area contributed by atoms with E-state index < -0.39 is 5.97 Å². The van der Waals surface area contributed by atoms with Crippen molar-refractivity contribution in [3.05, 3.63) is 94.0 Å². The minimum Gasteiger partial charge on any atom is -0.423 e. The first kappa shape index (κ1) is 20.8. The Morgan fingerprint density at radius 3 is 2.48 bits per heavy atom. The Balaban J connectivity index is 1.57. The molecular formula is C21H15Cl2N3O2S. The second-order valence-corrected chi connectivity index (χ2v) is 7.08. The third-order valence-corrected chi connectivity index (χ3v) is 4.29. The lowest BCUT2D eigenvalue weighted by Crippen LogP contribution is -2.23. The van der Waals surface area contributed by atoms with E-state index in [1.165, 1.54) is 0 Å². The van der Waals surface area contributed by atoms with Gasteiger partial charge in [-0.2, -0.15) is 5.10 Å². The summed E-state index contributed by atoms with van der Waals surface area (Å²) in [4.78, 5) is 12.2. The van der Waals surface area contributed by atoms with Gasteiger partial charge in [0.2, 0.25) is 0 Å². The van der Waals surface area contributed by atoms with E-state index in [1.807, 2.05) is 18.2 Å². The van der Waals surface area contributed by atoms with Crippen molar-refractivity contribution >= 4 is 58.4 Å². The molecule has 3 aromatic rings. The summed E-state index contributed by atoms with van der Waals surface area (Å²) < 4.78 is 5.38. The Morgan fingerprint density at radius 1 is 0.966 bits per heavy atom. The molecule has 0 saturated heterocycles. The van der Waals surface area contributed by atoms with Gasteiger partial charge in [0.05, 0.1) is 11.8 Å². The number of nitrogens with zero attached hydrogens (tertiary/aromatic N) is 1. The highest BCUT2D eigenvalue weighted by Crippen LogP contribution is 2.16. The van der Waals surface area contributed by atoms with Gasteiger partial charge in [-0.15, -0.1) is 0 Å². The molecule has 146 valence electrons. The average Bonchev–Trinajstić information content (AvgIpc) is 2.69. The van der Waals surface area contributed by atoms with Crippen molar-refractivity contribution < 1.29 is 9.53 Å². The van der Waals surface area contributed by atoms with Crippen molar-refractivity contribution in [2.24, 2.45) is 5.10 Å². The molecule has 0 radical (unpaired) electrons. The van der Waals surface area contributed by atoms with E-state index in [-0.39, 0.29) is 0 Å². The summed E-state index contributed by atoms with van der Waals surface area (Å²) in [5, 5.41) is 8.52. The first-order chi connectivity index (χ1) is 14.0. The number of ether oxygens (including phenoxy) is 1. The van der Waals surface area contributed by atoms with Crippen molar-refractivity contribution in [1.82, 2.24) is 5.43 Å². The fourth-order valence-electron chi connectivity index (χ4n) is 2.30. The smallest absolute Gasteiger partial charge is 0.343 e. The van der Waals surface area contributed by atoms with Crippen LogP contribution >= 0.6 is 35.4 Å². The Labute approximate surface area is 183 Å².